The second-order valence-corrected chi connectivity index (χ2v) is 5.29. The van der Waals surface area contributed by atoms with Crippen LogP contribution >= 0.6 is 11.6 Å². The first-order valence-electron chi connectivity index (χ1n) is 6.59. The van der Waals surface area contributed by atoms with E-state index in [0.717, 1.165) is 22.3 Å². The molecule has 21 heavy (non-hydrogen) atoms. The average molecular weight is 303 g/mol. The quantitative estimate of drug-likeness (QED) is 0.797. The van der Waals surface area contributed by atoms with Crippen molar-refractivity contribution in [3.05, 3.63) is 58.9 Å². The molecule has 2 aromatic heterocycles. The van der Waals surface area contributed by atoms with Gasteiger partial charge >= 0.3 is 0 Å². The molecular formula is C16H15ClN2O2. The Morgan fingerprint density at radius 1 is 1.29 bits per heavy atom. The molecule has 0 aliphatic heterocycles. The smallest absolute Gasteiger partial charge is 0.212 e. The predicted octanol–water partition coefficient (Wildman–Crippen LogP) is 3.73. The van der Waals surface area contributed by atoms with E-state index in [9.17, 15) is 0 Å². The van der Waals surface area contributed by atoms with Crippen LogP contribution in [0.5, 0.6) is 5.88 Å². The van der Waals surface area contributed by atoms with Crippen LogP contribution in [0.4, 0.5) is 0 Å². The summed E-state index contributed by atoms with van der Waals surface area (Å²) in [5.74, 6) is 1.33. The Balaban J connectivity index is 1.80. The monoisotopic (exact) mass is 302 g/mol. The maximum Gasteiger partial charge on any atom is 0.212 e. The molecule has 4 nitrogen and oxygen atoms in total. The van der Waals surface area contributed by atoms with Gasteiger partial charge in [-0.2, -0.15) is 0 Å². The molecule has 0 radical (unpaired) electrons. The summed E-state index contributed by atoms with van der Waals surface area (Å²) < 4.78 is 10.8. The number of aromatic nitrogens is 1. The van der Waals surface area contributed by atoms with E-state index in [-0.39, 0.29) is 6.04 Å². The highest BCUT2D eigenvalue weighted by molar-refractivity contribution is 6.31. The van der Waals surface area contributed by atoms with E-state index in [1.54, 1.807) is 19.4 Å². The molecule has 0 aliphatic rings. The van der Waals surface area contributed by atoms with E-state index >= 15 is 0 Å². The Bertz CT molecular complexity index is 753. The maximum absolute atomic E-state index is 6.21. The number of fused-ring (bicyclic) bond motifs is 1. The van der Waals surface area contributed by atoms with Crippen LogP contribution < -0.4 is 10.5 Å². The van der Waals surface area contributed by atoms with Crippen molar-refractivity contribution < 1.29 is 9.15 Å². The van der Waals surface area contributed by atoms with Crippen LogP contribution in [0.1, 0.15) is 17.4 Å². The van der Waals surface area contributed by atoms with Gasteiger partial charge in [-0.05, 0) is 36.2 Å². The second-order valence-electron chi connectivity index (χ2n) is 4.85. The Morgan fingerprint density at radius 3 is 2.86 bits per heavy atom. The van der Waals surface area contributed by atoms with Gasteiger partial charge in [0, 0.05) is 22.7 Å². The minimum Gasteiger partial charge on any atom is -0.481 e. The van der Waals surface area contributed by atoms with Crippen LogP contribution in [0.25, 0.3) is 11.0 Å². The topological polar surface area (TPSA) is 61.3 Å². The normalized spacial score (nSPS) is 12.5. The van der Waals surface area contributed by atoms with Gasteiger partial charge in [-0.25, -0.2) is 4.98 Å². The number of ether oxygens (including phenoxy) is 1. The average Bonchev–Trinajstić information content (AvgIpc) is 2.91. The lowest BCUT2D eigenvalue weighted by Crippen LogP contribution is -2.12. The number of nitrogens with zero attached hydrogens (tertiary/aromatic N) is 1. The number of pyridine rings is 1. The highest BCUT2D eigenvalue weighted by atomic mass is 35.5. The van der Waals surface area contributed by atoms with Gasteiger partial charge in [-0.15, -0.1) is 0 Å². The summed E-state index contributed by atoms with van der Waals surface area (Å²) in [7, 11) is 1.59. The summed E-state index contributed by atoms with van der Waals surface area (Å²) in [5.41, 5.74) is 8.03. The predicted molar refractivity (Wildman–Crippen MR) is 82.6 cm³/mol. The van der Waals surface area contributed by atoms with Crippen LogP contribution in [-0.2, 0) is 6.42 Å². The number of benzene rings is 1. The molecule has 1 atom stereocenters. The van der Waals surface area contributed by atoms with Gasteiger partial charge in [0.05, 0.1) is 13.2 Å². The lowest BCUT2D eigenvalue weighted by atomic mass is 10.1. The fraction of sp³-hybridized carbons (Fsp3) is 0.188. The summed E-state index contributed by atoms with van der Waals surface area (Å²) >= 11 is 5.97. The third-order valence-corrected chi connectivity index (χ3v) is 3.56. The van der Waals surface area contributed by atoms with Crippen molar-refractivity contribution in [3.8, 4) is 5.88 Å². The molecule has 3 rings (SSSR count). The Labute approximate surface area is 127 Å². The van der Waals surface area contributed by atoms with E-state index in [0.29, 0.717) is 17.3 Å². The van der Waals surface area contributed by atoms with Gasteiger partial charge in [-0.1, -0.05) is 17.7 Å². The van der Waals surface area contributed by atoms with Gasteiger partial charge in [-0.3, -0.25) is 0 Å². The minimum atomic E-state index is -0.230. The zero-order valence-electron chi connectivity index (χ0n) is 11.5. The second kappa shape index (κ2) is 5.76. The molecule has 0 saturated heterocycles. The molecule has 3 aromatic rings. The molecule has 0 saturated carbocycles. The van der Waals surface area contributed by atoms with Gasteiger partial charge in [0.2, 0.25) is 5.88 Å². The molecule has 0 amide bonds. The van der Waals surface area contributed by atoms with Crippen LogP contribution in [0.2, 0.25) is 5.02 Å². The van der Waals surface area contributed by atoms with E-state index in [2.05, 4.69) is 4.98 Å². The number of halogens is 1. The zero-order chi connectivity index (χ0) is 14.8. The molecule has 5 heteroatoms. The Morgan fingerprint density at radius 2 is 2.14 bits per heavy atom. The van der Waals surface area contributed by atoms with E-state index in [4.69, 9.17) is 26.5 Å². The van der Waals surface area contributed by atoms with Gasteiger partial charge < -0.3 is 14.9 Å². The van der Waals surface area contributed by atoms with Crippen LogP contribution in [0, 0.1) is 0 Å². The number of nitrogens with two attached hydrogens (primary N) is 1. The summed E-state index contributed by atoms with van der Waals surface area (Å²) in [6, 6.07) is 11.0. The SMILES string of the molecule is COc1ccc(CC(N)c2cc3cc(Cl)ccc3o2)cn1. The first-order valence-corrected chi connectivity index (χ1v) is 6.97. The van der Waals surface area contributed by atoms with Crippen molar-refractivity contribution in [2.45, 2.75) is 12.5 Å². The first-order chi connectivity index (χ1) is 10.2. The van der Waals surface area contributed by atoms with Gasteiger partial charge in [0.15, 0.2) is 0 Å². The fourth-order valence-electron chi connectivity index (χ4n) is 2.22. The summed E-state index contributed by atoms with van der Waals surface area (Å²) in [6.07, 6.45) is 2.41. The molecule has 0 spiro atoms. The minimum absolute atomic E-state index is 0.230. The summed E-state index contributed by atoms with van der Waals surface area (Å²) in [6.45, 7) is 0. The fourth-order valence-corrected chi connectivity index (χ4v) is 2.40. The number of methoxy groups -OCH3 is 1. The lowest BCUT2D eigenvalue weighted by molar-refractivity contribution is 0.397. The zero-order valence-corrected chi connectivity index (χ0v) is 12.3. The number of rotatable bonds is 4. The van der Waals surface area contributed by atoms with Crippen molar-refractivity contribution in [2.24, 2.45) is 5.73 Å². The molecule has 0 bridgehead atoms. The third kappa shape index (κ3) is 3.01. The number of furan rings is 1. The molecule has 2 heterocycles. The van der Waals surface area contributed by atoms with E-state index < -0.39 is 0 Å². The molecule has 108 valence electrons. The third-order valence-electron chi connectivity index (χ3n) is 3.33. The van der Waals surface area contributed by atoms with Gasteiger partial charge in [0.1, 0.15) is 11.3 Å². The molecular weight excluding hydrogens is 288 g/mol. The summed E-state index contributed by atoms with van der Waals surface area (Å²) in [4.78, 5) is 4.17. The molecule has 1 unspecified atom stereocenters. The van der Waals surface area contributed by atoms with E-state index in [1.165, 1.54) is 0 Å². The van der Waals surface area contributed by atoms with Crippen molar-refractivity contribution in [1.82, 2.24) is 4.98 Å². The Kier molecular flexibility index (Phi) is 3.82. The maximum atomic E-state index is 6.21. The highest BCUT2D eigenvalue weighted by Gasteiger charge is 2.13. The highest BCUT2D eigenvalue weighted by Crippen LogP contribution is 2.27. The summed E-state index contributed by atoms with van der Waals surface area (Å²) in [5, 5.41) is 1.64. The van der Waals surface area contributed by atoms with Crippen molar-refractivity contribution in [3.63, 3.8) is 0 Å². The standard InChI is InChI=1S/C16H15ClN2O2/c1-20-16-5-2-10(9-19-16)6-13(18)15-8-11-7-12(17)3-4-14(11)21-15/h2-5,7-9,13H,6,18H2,1H3. The van der Waals surface area contributed by atoms with Crippen molar-refractivity contribution in [2.75, 3.05) is 7.11 Å². The number of hydrogen-bond donors (Lipinski definition) is 1. The number of hydrogen-bond acceptors (Lipinski definition) is 4. The molecule has 1 aromatic carbocycles. The van der Waals surface area contributed by atoms with Crippen LogP contribution in [0.15, 0.2) is 47.0 Å². The molecule has 0 aliphatic carbocycles. The van der Waals surface area contributed by atoms with Gasteiger partial charge in [0.25, 0.3) is 0 Å². The molecule has 0 fully saturated rings. The van der Waals surface area contributed by atoms with Crippen molar-refractivity contribution >= 4 is 22.6 Å². The largest absolute Gasteiger partial charge is 0.481 e. The first kappa shape index (κ1) is 13.9. The Hall–Kier alpha value is -2.04. The van der Waals surface area contributed by atoms with Crippen LogP contribution in [-0.4, -0.2) is 12.1 Å². The van der Waals surface area contributed by atoms with E-state index in [1.807, 2.05) is 30.3 Å². The molecule has 2 N–H and O–H groups in total. The van der Waals surface area contributed by atoms with Crippen LogP contribution in [0.3, 0.4) is 0 Å². The lowest BCUT2D eigenvalue weighted by Gasteiger charge is -2.08. The van der Waals surface area contributed by atoms with Crippen molar-refractivity contribution in [1.29, 1.82) is 0 Å².